The number of esters is 3. The van der Waals surface area contributed by atoms with Crippen molar-refractivity contribution < 1.29 is 28.6 Å². The van der Waals surface area contributed by atoms with Crippen LogP contribution < -0.4 is 0 Å². The Hall–Kier alpha value is -2.89. The molecule has 1 unspecified atom stereocenters. The van der Waals surface area contributed by atoms with Gasteiger partial charge in [-0.15, -0.1) is 0 Å². The second kappa shape index (κ2) is 45.8. The molecule has 0 aromatic carbocycles. The number of carbonyl (C=O) groups excluding carboxylic acids is 3. The van der Waals surface area contributed by atoms with Crippen molar-refractivity contribution in [3.05, 3.63) is 60.8 Å². The normalized spacial score (nSPS) is 12.5. The van der Waals surface area contributed by atoms with Crippen LogP contribution in [0.4, 0.5) is 0 Å². The molecule has 0 N–H and O–H groups in total. The van der Waals surface area contributed by atoms with Crippen LogP contribution in [-0.4, -0.2) is 37.2 Å². The van der Waals surface area contributed by atoms with Crippen molar-refractivity contribution in [3.63, 3.8) is 0 Å². The first kappa shape index (κ1) is 54.1. The van der Waals surface area contributed by atoms with Crippen LogP contribution >= 0.6 is 0 Å². The summed E-state index contributed by atoms with van der Waals surface area (Å²) in [6.45, 7) is 6.45. The zero-order valence-corrected chi connectivity index (χ0v) is 37.3. The minimum absolute atomic E-state index is 0.0896. The minimum Gasteiger partial charge on any atom is -0.462 e. The molecule has 0 radical (unpaired) electrons. The quantitative estimate of drug-likeness (QED) is 0.0265. The van der Waals surface area contributed by atoms with Crippen molar-refractivity contribution in [2.45, 2.75) is 232 Å². The molecule has 0 saturated carbocycles. The average molecular weight is 797 g/mol. The fraction of sp³-hybridized carbons (Fsp3) is 0.745. The van der Waals surface area contributed by atoms with Crippen LogP contribution in [0.1, 0.15) is 226 Å². The van der Waals surface area contributed by atoms with Crippen LogP contribution in [0.2, 0.25) is 0 Å². The molecule has 0 aliphatic carbocycles. The Labute approximate surface area is 351 Å². The molecule has 0 spiro atoms. The SMILES string of the molecule is CC/C=C\C/C=C\C/C=C\C/C=C\CCCCCC(=O)OCC(COC(=O)CCCCCCCCCCC)OC(=O)CCCCC/C=C\CCCCCCCCC. The van der Waals surface area contributed by atoms with Gasteiger partial charge in [0.25, 0.3) is 0 Å². The average Bonchev–Trinajstić information content (AvgIpc) is 3.21. The number of allylic oxidation sites excluding steroid dienone is 10. The molecule has 0 saturated heterocycles. The third-order valence-corrected chi connectivity index (χ3v) is 10.0. The van der Waals surface area contributed by atoms with E-state index in [0.717, 1.165) is 103 Å². The van der Waals surface area contributed by atoms with Gasteiger partial charge in [-0.2, -0.15) is 0 Å². The molecule has 0 aromatic heterocycles. The molecule has 1 atom stereocenters. The fourth-order valence-electron chi connectivity index (χ4n) is 6.43. The van der Waals surface area contributed by atoms with Gasteiger partial charge in [0.2, 0.25) is 0 Å². The van der Waals surface area contributed by atoms with Crippen LogP contribution in [0, 0.1) is 0 Å². The van der Waals surface area contributed by atoms with E-state index < -0.39 is 6.10 Å². The molecule has 0 amide bonds. The largest absolute Gasteiger partial charge is 0.462 e. The van der Waals surface area contributed by atoms with Gasteiger partial charge in [0, 0.05) is 19.3 Å². The smallest absolute Gasteiger partial charge is 0.306 e. The van der Waals surface area contributed by atoms with Gasteiger partial charge in [-0.25, -0.2) is 0 Å². The van der Waals surface area contributed by atoms with Crippen molar-refractivity contribution in [1.82, 2.24) is 0 Å². The highest BCUT2D eigenvalue weighted by Gasteiger charge is 2.19. The zero-order chi connectivity index (χ0) is 41.5. The first-order valence-corrected chi connectivity index (χ1v) is 23.8. The van der Waals surface area contributed by atoms with E-state index in [1.807, 2.05) is 0 Å². The maximum absolute atomic E-state index is 12.7. The van der Waals surface area contributed by atoms with Crippen molar-refractivity contribution in [3.8, 4) is 0 Å². The minimum atomic E-state index is -0.791. The van der Waals surface area contributed by atoms with Gasteiger partial charge in [0.15, 0.2) is 6.10 Å². The Bertz CT molecular complexity index is 1050. The van der Waals surface area contributed by atoms with Gasteiger partial charge in [0.05, 0.1) is 0 Å². The first-order chi connectivity index (χ1) is 28.0. The second-order valence-corrected chi connectivity index (χ2v) is 15.6. The van der Waals surface area contributed by atoms with E-state index in [1.54, 1.807) is 0 Å². The molecular formula is C51H88O6. The molecule has 0 fully saturated rings. The lowest BCUT2D eigenvalue weighted by molar-refractivity contribution is -0.167. The van der Waals surface area contributed by atoms with E-state index >= 15 is 0 Å². The topological polar surface area (TPSA) is 78.9 Å². The summed E-state index contributed by atoms with van der Waals surface area (Å²) in [6, 6.07) is 0. The number of unbranched alkanes of at least 4 members (excludes halogenated alkanes) is 21. The summed E-state index contributed by atoms with van der Waals surface area (Å²) in [5.74, 6) is -0.942. The molecule has 0 bridgehead atoms. The number of rotatable bonds is 42. The summed E-state index contributed by atoms with van der Waals surface area (Å²) in [4.78, 5) is 37.7. The maximum Gasteiger partial charge on any atom is 0.306 e. The molecule has 6 heteroatoms. The fourth-order valence-corrected chi connectivity index (χ4v) is 6.43. The predicted octanol–water partition coefficient (Wildman–Crippen LogP) is 15.3. The van der Waals surface area contributed by atoms with Crippen molar-refractivity contribution in [2.75, 3.05) is 13.2 Å². The lowest BCUT2D eigenvalue weighted by Gasteiger charge is -2.18. The monoisotopic (exact) mass is 797 g/mol. The van der Waals surface area contributed by atoms with Crippen molar-refractivity contribution in [2.24, 2.45) is 0 Å². The molecule has 0 heterocycles. The molecule has 0 rings (SSSR count). The molecule has 57 heavy (non-hydrogen) atoms. The molecule has 0 aliphatic heterocycles. The lowest BCUT2D eigenvalue weighted by atomic mass is 10.1. The van der Waals surface area contributed by atoms with Crippen LogP contribution in [0.25, 0.3) is 0 Å². The van der Waals surface area contributed by atoms with E-state index in [-0.39, 0.29) is 31.1 Å². The first-order valence-electron chi connectivity index (χ1n) is 23.8. The standard InChI is InChI=1S/C51H88O6/c1-4-7-10-13-16-19-21-23-25-26-28-29-32-35-38-41-44-50(53)56-47-48(46-55-49(52)43-40-37-34-31-18-15-12-9-6-3)57-51(54)45-42-39-36-33-30-27-24-22-20-17-14-11-8-5-2/h7,10,16,19,23,25,27-30,48H,4-6,8-9,11-15,17-18,20-22,24,26,31-47H2,1-3H3/b10-7-,19-16-,25-23-,29-28-,30-27-. The number of carbonyl (C=O) groups is 3. The van der Waals surface area contributed by atoms with E-state index in [1.165, 1.54) is 83.5 Å². The second-order valence-electron chi connectivity index (χ2n) is 15.6. The Morgan fingerprint density at radius 2 is 0.684 bits per heavy atom. The molecule has 6 nitrogen and oxygen atoms in total. The third kappa shape index (κ3) is 44.1. The Morgan fingerprint density at radius 1 is 0.368 bits per heavy atom. The van der Waals surface area contributed by atoms with Crippen molar-refractivity contribution in [1.29, 1.82) is 0 Å². The third-order valence-electron chi connectivity index (χ3n) is 10.0. The van der Waals surface area contributed by atoms with Gasteiger partial charge in [0.1, 0.15) is 13.2 Å². The Balaban J connectivity index is 4.43. The van der Waals surface area contributed by atoms with E-state index in [4.69, 9.17) is 14.2 Å². The highest BCUT2D eigenvalue weighted by molar-refractivity contribution is 5.71. The number of hydrogen-bond donors (Lipinski definition) is 0. The number of hydrogen-bond acceptors (Lipinski definition) is 6. The summed E-state index contributed by atoms with van der Waals surface area (Å²) in [5.41, 5.74) is 0. The highest BCUT2D eigenvalue weighted by Crippen LogP contribution is 2.13. The highest BCUT2D eigenvalue weighted by atomic mass is 16.6. The van der Waals surface area contributed by atoms with Gasteiger partial charge >= 0.3 is 17.9 Å². The summed E-state index contributed by atoms with van der Waals surface area (Å²) < 4.78 is 16.7. The van der Waals surface area contributed by atoms with Gasteiger partial charge in [-0.1, -0.05) is 184 Å². The summed E-state index contributed by atoms with van der Waals surface area (Å²) in [5, 5.41) is 0. The van der Waals surface area contributed by atoms with E-state index in [2.05, 4.69) is 81.5 Å². The van der Waals surface area contributed by atoms with Crippen LogP contribution in [0.15, 0.2) is 60.8 Å². The molecule has 0 aliphatic rings. The van der Waals surface area contributed by atoms with Gasteiger partial charge < -0.3 is 14.2 Å². The summed E-state index contributed by atoms with van der Waals surface area (Å²) >= 11 is 0. The van der Waals surface area contributed by atoms with Gasteiger partial charge in [-0.3, -0.25) is 14.4 Å². The van der Waals surface area contributed by atoms with Crippen LogP contribution in [0.3, 0.4) is 0 Å². The van der Waals surface area contributed by atoms with E-state index in [9.17, 15) is 14.4 Å². The van der Waals surface area contributed by atoms with Gasteiger partial charge in [-0.05, 0) is 83.5 Å². The number of ether oxygens (including phenoxy) is 3. The zero-order valence-electron chi connectivity index (χ0n) is 37.3. The van der Waals surface area contributed by atoms with Crippen LogP contribution in [-0.2, 0) is 28.6 Å². The summed E-state index contributed by atoms with van der Waals surface area (Å²) in [7, 11) is 0. The molecule has 0 aromatic rings. The maximum atomic E-state index is 12.7. The molecular weight excluding hydrogens is 709 g/mol. The lowest BCUT2D eigenvalue weighted by Crippen LogP contribution is -2.30. The van der Waals surface area contributed by atoms with Crippen molar-refractivity contribution >= 4 is 17.9 Å². The molecule has 328 valence electrons. The predicted molar refractivity (Wildman–Crippen MR) is 242 cm³/mol. The summed E-state index contributed by atoms with van der Waals surface area (Å²) in [6.07, 6.45) is 54.9. The van der Waals surface area contributed by atoms with Crippen LogP contribution in [0.5, 0.6) is 0 Å². The Kier molecular flexibility index (Phi) is 43.5. The van der Waals surface area contributed by atoms with E-state index in [0.29, 0.717) is 19.3 Å². The Morgan fingerprint density at radius 3 is 1.11 bits per heavy atom.